The van der Waals surface area contributed by atoms with E-state index in [-0.39, 0.29) is 0 Å². The lowest BCUT2D eigenvalue weighted by Gasteiger charge is -2.22. The van der Waals surface area contributed by atoms with E-state index in [1.807, 2.05) is 24.1 Å². The zero-order valence-electron chi connectivity index (χ0n) is 15.9. The maximum absolute atomic E-state index is 6.15. The van der Waals surface area contributed by atoms with Crippen LogP contribution in [0.15, 0.2) is 12.1 Å². The summed E-state index contributed by atoms with van der Waals surface area (Å²) in [5.41, 5.74) is 6.89. The minimum atomic E-state index is 0.441. The van der Waals surface area contributed by atoms with Gasteiger partial charge in [0.15, 0.2) is 11.5 Å². The molecule has 0 unspecified atom stereocenters. The van der Waals surface area contributed by atoms with Crippen LogP contribution < -0.4 is 20.1 Å². The van der Waals surface area contributed by atoms with E-state index in [2.05, 4.69) is 28.7 Å². The lowest BCUT2D eigenvalue weighted by atomic mass is 10.2. The summed E-state index contributed by atoms with van der Waals surface area (Å²) in [5.74, 6) is 2.31. The van der Waals surface area contributed by atoms with Crippen LogP contribution in [-0.4, -0.2) is 62.3 Å². The summed E-state index contributed by atoms with van der Waals surface area (Å²) in [7, 11) is 5.19. The second kappa shape index (κ2) is 8.71. The predicted molar refractivity (Wildman–Crippen MR) is 103 cm³/mol. The summed E-state index contributed by atoms with van der Waals surface area (Å²) in [6.07, 6.45) is 1.05. The smallest absolute Gasteiger partial charge is 0.227 e. The maximum Gasteiger partial charge on any atom is 0.227 e. The molecule has 0 atom stereocenters. The average Bonchev–Trinajstić information content (AvgIpc) is 2.63. The molecule has 0 aliphatic heterocycles. The number of nitrogens with two attached hydrogens (primary N) is 1. The summed E-state index contributed by atoms with van der Waals surface area (Å²) in [4.78, 5) is 13.5. The Morgan fingerprint density at radius 1 is 1.00 bits per heavy atom. The first kappa shape index (κ1) is 19.1. The molecule has 0 spiro atoms. The fourth-order valence-corrected chi connectivity index (χ4v) is 2.81. The van der Waals surface area contributed by atoms with Crippen molar-refractivity contribution in [1.82, 2.24) is 14.9 Å². The van der Waals surface area contributed by atoms with Crippen molar-refractivity contribution in [3.8, 4) is 11.5 Å². The van der Waals surface area contributed by atoms with E-state index in [0.29, 0.717) is 23.3 Å². The molecule has 0 saturated heterocycles. The van der Waals surface area contributed by atoms with Gasteiger partial charge in [-0.3, -0.25) is 0 Å². The Balaban J connectivity index is 2.21. The number of hydrogen-bond acceptors (Lipinski definition) is 7. The van der Waals surface area contributed by atoms with E-state index in [4.69, 9.17) is 15.2 Å². The van der Waals surface area contributed by atoms with Gasteiger partial charge in [-0.1, -0.05) is 13.8 Å². The number of hydrogen-bond donors (Lipinski definition) is 1. The standard InChI is InChI=1S/C18H29N5O2/c1-6-23(7-2)10-8-9-22(3)18-20-14-12-16(25-5)15(24-4)11-13(14)17(19)21-18/h11-12H,6-10H2,1-5H3,(H2,19,20,21). The molecule has 0 aliphatic rings. The van der Waals surface area contributed by atoms with Gasteiger partial charge in [0.1, 0.15) is 5.82 Å². The van der Waals surface area contributed by atoms with Gasteiger partial charge in [0.25, 0.3) is 0 Å². The van der Waals surface area contributed by atoms with Gasteiger partial charge in [0.2, 0.25) is 5.95 Å². The van der Waals surface area contributed by atoms with E-state index >= 15 is 0 Å². The van der Waals surface area contributed by atoms with Gasteiger partial charge < -0.3 is 25.0 Å². The van der Waals surface area contributed by atoms with Gasteiger partial charge in [0, 0.05) is 25.0 Å². The summed E-state index contributed by atoms with van der Waals surface area (Å²) >= 11 is 0. The molecule has 1 aromatic heterocycles. The molecule has 2 N–H and O–H groups in total. The quantitative estimate of drug-likeness (QED) is 0.746. The van der Waals surface area contributed by atoms with E-state index in [0.717, 1.165) is 43.5 Å². The second-order valence-corrected chi connectivity index (χ2v) is 5.94. The highest BCUT2D eigenvalue weighted by molar-refractivity contribution is 5.91. The van der Waals surface area contributed by atoms with Gasteiger partial charge in [-0.25, -0.2) is 4.98 Å². The van der Waals surface area contributed by atoms with Crippen LogP contribution in [-0.2, 0) is 0 Å². The fraction of sp³-hybridized carbons (Fsp3) is 0.556. The van der Waals surface area contributed by atoms with Crippen LogP contribution in [0.2, 0.25) is 0 Å². The van der Waals surface area contributed by atoms with Crippen molar-refractivity contribution in [2.75, 3.05) is 58.1 Å². The molecular formula is C18H29N5O2. The molecule has 0 amide bonds. The predicted octanol–water partition coefficient (Wildman–Crippen LogP) is 2.40. The highest BCUT2D eigenvalue weighted by atomic mass is 16.5. The molecule has 2 rings (SSSR count). The molecule has 0 aliphatic carbocycles. The monoisotopic (exact) mass is 347 g/mol. The van der Waals surface area contributed by atoms with Crippen molar-refractivity contribution in [3.05, 3.63) is 12.1 Å². The number of fused-ring (bicyclic) bond motifs is 1. The molecule has 1 aromatic carbocycles. The fourth-order valence-electron chi connectivity index (χ4n) is 2.81. The Bertz CT molecular complexity index is 703. The van der Waals surface area contributed by atoms with Gasteiger partial charge >= 0.3 is 0 Å². The molecule has 0 saturated carbocycles. The van der Waals surface area contributed by atoms with Gasteiger partial charge in [-0.15, -0.1) is 0 Å². The van der Waals surface area contributed by atoms with Gasteiger partial charge in [0.05, 0.1) is 19.7 Å². The van der Waals surface area contributed by atoms with Crippen molar-refractivity contribution in [2.45, 2.75) is 20.3 Å². The molecule has 0 bridgehead atoms. The number of anilines is 2. The van der Waals surface area contributed by atoms with Crippen LogP contribution in [0.5, 0.6) is 11.5 Å². The number of aromatic nitrogens is 2. The third-order valence-corrected chi connectivity index (χ3v) is 4.42. The number of methoxy groups -OCH3 is 2. The SMILES string of the molecule is CCN(CC)CCCN(C)c1nc(N)c2cc(OC)c(OC)cc2n1. The van der Waals surface area contributed by atoms with Crippen LogP contribution in [0.4, 0.5) is 11.8 Å². The summed E-state index contributed by atoms with van der Waals surface area (Å²) in [6.45, 7) is 8.44. The zero-order valence-corrected chi connectivity index (χ0v) is 15.9. The third-order valence-electron chi connectivity index (χ3n) is 4.42. The minimum absolute atomic E-state index is 0.441. The van der Waals surface area contributed by atoms with E-state index < -0.39 is 0 Å². The number of rotatable bonds is 9. The van der Waals surface area contributed by atoms with Crippen molar-refractivity contribution >= 4 is 22.7 Å². The van der Waals surface area contributed by atoms with E-state index in [1.54, 1.807) is 14.2 Å². The van der Waals surface area contributed by atoms with Gasteiger partial charge in [-0.2, -0.15) is 4.98 Å². The topological polar surface area (TPSA) is 76.7 Å². The van der Waals surface area contributed by atoms with E-state index in [9.17, 15) is 0 Å². The molecule has 0 radical (unpaired) electrons. The molecule has 138 valence electrons. The number of benzene rings is 1. The lowest BCUT2D eigenvalue weighted by molar-refractivity contribution is 0.301. The Labute approximate surface area is 149 Å². The van der Waals surface area contributed by atoms with Crippen molar-refractivity contribution in [3.63, 3.8) is 0 Å². The number of nitrogens with zero attached hydrogens (tertiary/aromatic N) is 4. The first-order chi connectivity index (χ1) is 12.0. The first-order valence-electron chi connectivity index (χ1n) is 8.66. The normalized spacial score (nSPS) is 11.1. The summed E-state index contributed by atoms with van der Waals surface area (Å²) in [6, 6.07) is 3.65. The first-order valence-corrected chi connectivity index (χ1v) is 8.66. The third kappa shape index (κ3) is 4.42. The van der Waals surface area contributed by atoms with Crippen molar-refractivity contribution in [1.29, 1.82) is 0 Å². The Morgan fingerprint density at radius 3 is 2.24 bits per heavy atom. The number of ether oxygens (including phenoxy) is 2. The highest BCUT2D eigenvalue weighted by Gasteiger charge is 2.13. The van der Waals surface area contributed by atoms with Crippen molar-refractivity contribution in [2.24, 2.45) is 0 Å². The lowest BCUT2D eigenvalue weighted by Crippen LogP contribution is -2.28. The largest absolute Gasteiger partial charge is 0.493 e. The molecule has 0 fully saturated rings. The van der Waals surface area contributed by atoms with Crippen LogP contribution in [0.25, 0.3) is 10.9 Å². The highest BCUT2D eigenvalue weighted by Crippen LogP contribution is 2.33. The number of nitrogen functional groups attached to an aromatic ring is 1. The minimum Gasteiger partial charge on any atom is -0.493 e. The zero-order chi connectivity index (χ0) is 18.4. The van der Waals surface area contributed by atoms with Crippen LogP contribution >= 0.6 is 0 Å². The Hall–Kier alpha value is -2.28. The molecule has 1 heterocycles. The average molecular weight is 347 g/mol. The summed E-state index contributed by atoms with van der Waals surface area (Å²) in [5, 5.41) is 0.762. The van der Waals surface area contributed by atoms with Crippen LogP contribution in [0, 0.1) is 0 Å². The Morgan fingerprint density at radius 2 is 1.64 bits per heavy atom. The van der Waals surface area contributed by atoms with Crippen molar-refractivity contribution < 1.29 is 9.47 Å². The molecule has 2 aromatic rings. The molecule has 7 heteroatoms. The summed E-state index contributed by atoms with van der Waals surface area (Å²) < 4.78 is 10.7. The second-order valence-electron chi connectivity index (χ2n) is 5.94. The molecule has 25 heavy (non-hydrogen) atoms. The van der Waals surface area contributed by atoms with Gasteiger partial charge in [-0.05, 0) is 32.1 Å². The van der Waals surface area contributed by atoms with E-state index in [1.165, 1.54) is 0 Å². The maximum atomic E-state index is 6.15. The molecule has 7 nitrogen and oxygen atoms in total. The van der Waals surface area contributed by atoms with Crippen LogP contribution in [0.3, 0.4) is 0 Å². The van der Waals surface area contributed by atoms with Crippen LogP contribution in [0.1, 0.15) is 20.3 Å². The molecular weight excluding hydrogens is 318 g/mol. The Kier molecular flexibility index (Phi) is 6.64.